The molecule has 3 aromatic rings. The highest BCUT2D eigenvalue weighted by Gasteiger charge is 2.15. The Morgan fingerprint density at radius 3 is 1.44 bits per heavy atom. The number of anilines is 2. The zero-order valence-electron chi connectivity index (χ0n) is 20.4. The van der Waals surface area contributed by atoms with Crippen LogP contribution in [0.3, 0.4) is 0 Å². The van der Waals surface area contributed by atoms with Gasteiger partial charge in [0, 0.05) is 55.0 Å². The second-order valence-electron chi connectivity index (χ2n) is 8.28. The molecule has 0 aliphatic heterocycles. The van der Waals surface area contributed by atoms with Crippen molar-refractivity contribution in [2.24, 2.45) is 0 Å². The first-order chi connectivity index (χ1) is 17.3. The quantitative estimate of drug-likeness (QED) is 0.351. The Hall–Kier alpha value is -4.46. The van der Waals surface area contributed by atoms with Crippen molar-refractivity contribution in [1.82, 2.24) is 10.6 Å². The van der Waals surface area contributed by atoms with E-state index < -0.39 is 0 Å². The lowest BCUT2D eigenvalue weighted by molar-refractivity contribution is -0.115. The highest BCUT2D eigenvalue weighted by atomic mass is 16.2. The van der Waals surface area contributed by atoms with Crippen LogP contribution in [0.15, 0.2) is 72.8 Å². The number of benzene rings is 3. The lowest BCUT2D eigenvalue weighted by Crippen LogP contribution is -2.27. The zero-order chi connectivity index (χ0) is 25.9. The number of hydrogen-bond acceptors (Lipinski definition) is 4. The van der Waals surface area contributed by atoms with E-state index in [1.165, 1.54) is 13.8 Å². The molecule has 0 saturated carbocycles. The van der Waals surface area contributed by atoms with Gasteiger partial charge in [0.05, 0.1) is 0 Å². The minimum Gasteiger partial charge on any atom is -0.352 e. The molecule has 0 radical (unpaired) electrons. The van der Waals surface area contributed by atoms with E-state index in [0.29, 0.717) is 54.0 Å². The third-order valence-corrected chi connectivity index (χ3v) is 5.36. The van der Waals surface area contributed by atoms with Crippen LogP contribution in [0.5, 0.6) is 0 Å². The normalized spacial score (nSPS) is 10.3. The minimum absolute atomic E-state index is 0.175. The molecular formula is C28H30N4O4. The maximum atomic E-state index is 12.4. The van der Waals surface area contributed by atoms with Gasteiger partial charge in [-0.05, 0) is 54.8 Å². The van der Waals surface area contributed by atoms with E-state index in [1.807, 2.05) is 24.3 Å². The van der Waals surface area contributed by atoms with Gasteiger partial charge in [0.1, 0.15) is 0 Å². The van der Waals surface area contributed by atoms with Crippen LogP contribution in [0, 0.1) is 0 Å². The second-order valence-corrected chi connectivity index (χ2v) is 8.28. The van der Waals surface area contributed by atoms with Crippen LogP contribution in [-0.2, 0) is 22.4 Å². The van der Waals surface area contributed by atoms with Gasteiger partial charge < -0.3 is 21.3 Å². The number of amides is 4. The van der Waals surface area contributed by atoms with Crippen LogP contribution in [-0.4, -0.2) is 36.7 Å². The van der Waals surface area contributed by atoms with Crippen LogP contribution < -0.4 is 21.3 Å². The summed E-state index contributed by atoms with van der Waals surface area (Å²) in [5, 5.41) is 11.4. The summed E-state index contributed by atoms with van der Waals surface area (Å²) in [7, 11) is 0. The summed E-state index contributed by atoms with van der Waals surface area (Å²) in [5.41, 5.74) is 3.75. The molecular weight excluding hydrogens is 456 g/mol. The van der Waals surface area contributed by atoms with Gasteiger partial charge in [0.15, 0.2) is 0 Å². The second kappa shape index (κ2) is 12.9. The maximum absolute atomic E-state index is 12.4. The number of nitrogens with one attached hydrogen (secondary N) is 4. The summed E-state index contributed by atoms with van der Waals surface area (Å²) in [6.07, 6.45) is 0.873. The van der Waals surface area contributed by atoms with Crippen molar-refractivity contribution in [3.63, 3.8) is 0 Å². The monoisotopic (exact) mass is 486 g/mol. The third-order valence-electron chi connectivity index (χ3n) is 5.36. The van der Waals surface area contributed by atoms with E-state index in [2.05, 4.69) is 21.3 Å². The summed E-state index contributed by atoms with van der Waals surface area (Å²) < 4.78 is 0. The van der Waals surface area contributed by atoms with Gasteiger partial charge in [-0.3, -0.25) is 19.2 Å². The van der Waals surface area contributed by atoms with E-state index in [9.17, 15) is 19.2 Å². The van der Waals surface area contributed by atoms with Gasteiger partial charge in [-0.15, -0.1) is 0 Å². The Bertz CT molecular complexity index is 1190. The smallest absolute Gasteiger partial charge is 0.251 e. The summed E-state index contributed by atoms with van der Waals surface area (Å²) in [6.45, 7) is 3.50. The predicted octanol–water partition coefficient (Wildman–Crippen LogP) is 3.55. The van der Waals surface area contributed by atoms with E-state index in [-0.39, 0.29) is 23.6 Å². The SMILES string of the molecule is CC(=O)Nc1cc(CCNC(=O)c2ccccc2)cc(NC(C)=O)c1CCNC(=O)c1ccccc1. The fourth-order valence-corrected chi connectivity index (χ4v) is 3.75. The van der Waals surface area contributed by atoms with Gasteiger partial charge >= 0.3 is 0 Å². The maximum Gasteiger partial charge on any atom is 0.251 e. The first kappa shape index (κ1) is 26.2. The standard InChI is InChI=1S/C28H30N4O4/c1-19(33)31-25-17-21(13-15-29-27(35)22-9-5-3-6-10-22)18-26(32-20(2)34)24(25)14-16-30-28(36)23-11-7-4-8-12-23/h3-12,17-18H,13-16H2,1-2H3,(H,29,35)(H,30,36)(H,31,33)(H,32,34). The summed E-state index contributed by atoms with van der Waals surface area (Å²) in [4.78, 5) is 48.6. The van der Waals surface area contributed by atoms with Crippen LogP contribution in [0.1, 0.15) is 45.7 Å². The first-order valence-corrected chi connectivity index (χ1v) is 11.7. The topological polar surface area (TPSA) is 116 Å². The molecule has 8 heteroatoms. The molecule has 186 valence electrons. The zero-order valence-corrected chi connectivity index (χ0v) is 20.4. The highest BCUT2D eigenvalue weighted by Crippen LogP contribution is 2.28. The molecule has 4 N–H and O–H groups in total. The van der Waals surface area contributed by atoms with Gasteiger partial charge in [-0.2, -0.15) is 0 Å². The molecule has 8 nitrogen and oxygen atoms in total. The average molecular weight is 487 g/mol. The summed E-state index contributed by atoms with van der Waals surface area (Å²) in [5.74, 6) is -0.894. The van der Waals surface area contributed by atoms with Gasteiger partial charge in [-0.25, -0.2) is 0 Å². The van der Waals surface area contributed by atoms with Crippen molar-refractivity contribution >= 4 is 35.0 Å². The van der Waals surface area contributed by atoms with Crippen molar-refractivity contribution in [2.45, 2.75) is 26.7 Å². The molecule has 3 rings (SSSR count). The molecule has 0 unspecified atom stereocenters. The molecule has 0 aliphatic rings. The molecule has 36 heavy (non-hydrogen) atoms. The first-order valence-electron chi connectivity index (χ1n) is 11.7. The van der Waals surface area contributed by atoms with Crippen molar-refractivity contribution in [1.29, 1.82) is 0 Å². The van der Waals surface area contributed by atoms with Crippen LogP contribution in [0.2, 0.25) is 0 Å². The van der Waals surface area contributed by atoms with Crippen LogP contribution >= 0.6 is 0 Å². The van der Waals surface area contributed by atoms with E-state index in [4.69, 9.17) is 0 Å². The Kier molecular flexibility index (Phi) is 9.33. The lowest BCUT2D eigenvalue weighted by atomic mass is 10.0. The number of carbonyl (C=O) groups is 4. The molecule has 0 saturated heterocycles. The van der Waals surface area contributed by atoms with Gasteiger partial charge in [0.2, 0.25) is 11.8 Å². The van der Waals surface area contributed by atoms with Crippen molar-refractivity contribution in [2.75, 3.05) is 23.7 Å². The molecule has 0 bridgehead atoms. The Balaban J connectivity index is 1.75. The Morgan fingerprint density at radius 2 is 1.03 bits per heavy atom. The molecule has 4 amide bonds. The predicted molar refractivity (Wildman–Crippen MR) is 140 cm³/mol. The summed E-state index contributed by atoms with van der Waals surface area (Å²) in [6, 6.07) is 21.5. The molecule has 0 atom stereocenters. The molecule has 0 aromatic heterocycles. The Labute approximate surface area is 210 Å². The highest BCUT2D eigenvalue weighted by molar-refractivity contribution is 5.96. The average Bonchev–Trinajstić information content (AvgIpc) is 2.85. The fraction of sp³-hybridized carbons (Fsp3) is 0.214. The molecule has 0 aliphatic carbocycles. The lowest BCUT2D eigenvalue weighted by Gasteiger charge is -2.18. The molecule has 0 fully saturated rings. The van der Waals surface area contributed by atoms with E-state index in [0.717, 1.165) is 5.56 Å². The number of carbonyl (C=O) groups excluding carboxylic acids is 4. The molecule has 3 aromatic carbocycles. The number of hydrogen-bond donors (Lipinski definition) is 4. The van der Waals surface area contributed by atoms with Crippen LogP contribution in [0.25, 0.3) is 0 Å². The van der Waals surface area contributed by atoms with Crippen molar-refractivity contribution in [3.05, 3.63) is 95.1 Å². The van der Waals surface area contributed by atoms with E-state index in [1.54, 1.807) is 48.5 Å². The van der Waals surface area contributed by atoms with Crippen molar-refractivity contribution < 1.29 is 19.2 Å². The molecule has 0 spiro atoms. The summed E-state index contributed by atoms with van der Waals surface area (Å²) >= 11 is 0. The number of rotatable bonds is 10. The van der Waals surface area contributed by atoms with Crippen molar-refractivity contribution in [3.8, 4) is 0 Å². The molecule has 0 heterocycles. The van der Waals surface area contributed by atoms with Gasteiger partial charge in [-0.1, -0.05) is 36.4 Å². The van der Waals surface area contributed by atoms with Gasteiger partial charge in [0.25, 0.3) is 11.8 Å². The van der Waals surface area contributed by atoms with E-state index >= 15 is 0 Å². The minimum atomic E-state index is -0.257. The van der Waals surface area contributed by atoms with Crippen LogP contribution in [0.4, 0.5) is 11.4 Å². The fourth-order valence-electron chi connectivity index (χ4n) is 3.75. The Morgan fingerprint density at radius 1 is 0.611 bits per heavy atom. The third kappa shape index (κ3) is 7.80. The largest absolute Gasteiger partial charge is 0.352 e.